The van der Waals surface area contributed by atoms with Gasteiger partial charge in [0.2, 0.25) is 15.9 Å². The zero-order valence-electron chi connectivity index (χ0n) is 19.0. The molecule has 6 nitrogen and oxygen atoms in total. The van der Waals surface area contributed by atoms with Crippen LogP contribution in [0.1, 0.15) is 29.7 Å². The third-order valence-electron chi connectivity index (χ3n) is 6.03. The fourth-order valence-electron chi connectivity index (χ4n) is 4.18. The summed E-state index contributed by atoms with van der Waals surface area (Å²) in [5, 5.41) is 6.02. The van der Waals surface area contributed by atoms with Gasteiger partial charge < -0.3 is 5.32 Å². The summed E-state index contributed by atoms with van der Waals surface area (Å²) in [7, 11) is -3.54. The lowest BCUT2D eigenvalue weighted by Gasteiger charge is -2.31. The predicted octanol–water partition coefficient (Wildman–Crippen LogP) is 4.19. The smallest absolute Gasteiger partial charge is 0.243 e. The lowest BCUT2D eigenvalue weighted by atomic mass is 9.97. The molecule has 1 amide bonds. The van der Waals surface area contributed by atoms with Gasteiger partial charge in [0.25, 0.3) is 0 Å². The SMILES string of the molecule is Cc1ccc(S(=O)(=O)N2CCC(C(=O)NCCc3csc(-c4ccccc4)n3)CC2)c(C)c1. The summed E-state index contributed by atoms with van der Waals surface area (Å²) in [6.45, 7) is 5.02. The summed E-state index contributed by atoms with van der Waals surface area (Å²) in [5.41, 5.74) is 3.86. The maximum atomic E-state index is 13.0. The number of thiazole rings is 1. The van der Waals surface area contributed by atoms with Crippen molar-refractivity contribution in [1.29, 1.82) is 0 Å². The molecule has 8 heteroatoms. The van der Waals surface area contributed by atoms with E-state index in [1.54, 1.807) is 17.4 Å². The standard InChI is InChI=1S/C25H29N3O3S2/c1-18-8-9-23(19(2)16-18)33(30,31)28-14-11-20(12-15-28)24(29)26-13-10-22-17-32-25(27-22)21-6-4-3-5-7-21/h3-9,16-17,20H,10-15H2,1-2H3,(H,26,29). The monoisotopic (exact) mass is 483 g/mol. The highest BCUT2D eigenvalue weighted by Gasteiger charge is 2.32. The number of carbonyl (C=O) groups is 1. The van der Waals surface area contributed by atoms with Gasteiger partial charge in [0.1, 0.15) is 5.01 Å². The molecule has 1 saturated heterocycles. The van der Waals surface area contributed by atoms with Gasteiger partial charge in [-0.15, -0.1) is 11.3 Å². The molecule has 2 heterocycles. The Morgan fingerprint density at radius 3 is 2.55 bits per heavy atom. The zero-order chi connectivity index (χ0) is 23.4. The van der Waals surface area contributed by atoms with Crippen molar-refractivity contribution < 1.29 is 13.2 Å². The summed E-state index contributed by atoms with van der Waals surface area (Å²) in [4.78, 5) is 17.7. The number of carbonyl (C=O) groups excluding carboxylic acids is 1. The van der Waals surface area contributed by atoms with E-state index in [1.165, 1.54) is 4.31 Å². The van der Waals surface area contributed by atoms with Gasteiger partial charge in [-0.1, -0.05) is 48.0 Å². The van der Waals surface area contributed by atoms with Crippen molar-refractivity contribution in [3.8, 4) is 10.6 Å². The van der Waals surface area contributed by atoms with Crippen molar-refractivity contribution in [2.75, 3.05) is 19.6 Å². The van der Waals surface area contributed by atoms with Crippen LogP contribution in [0, 0.1) is 19.8 Å². The minimum Gasteiger partial charge on any atom is -0.355 e. The quantitative estimate of drug-likeness (QED) is 0.547. The summed E-state index contributed by atoms with van der Waals surface area (Å²) in [6, 6.07) is 15.4. The Hall–Kier alpha value is -2.55. The molecule has 2 aromatic carbocycles. The molecule has 1 N–H and O–H groups in total. The first-order valence-electron chi connectivity index (χ1n) is 11.2. The summed E-state index contributed by atoms with van der Waals surface area (Å²) < 4.78 is 27.6. The average Bonchev–Trinajstić information content (AvgIpc) is 3.28. The fraction of sp³-hybridized carbons (Fsp3) is 0.360. The Labute approximate surface area is 199 Å². The first kappa shape index (κ1) is 23.6. The molecular formula is C25H29N3O3S2. The van der Waals surface area contributed by atoms with E-state index in [9.17, 15) is 13.2 Å². The van der Waals surface area contributed by atoms with E-state index < -0.39 is 10.0 Å². The fourth-order valence-corrected chi connectivity index (χ4v) is 6.72. The molecule has 1 aromatic heterocycles. The summed E-state index contributed by atoms with van der Waals surface area (Å²) in [6.07, 6.45) is 1.74. The molecule has 0 atom stereocenters. The molecule has 33 heavy (non-hydrogen) atoms. The van der Waals surface area contributed by atoms with Crippen molar-refractivity contribution in [2.24, 2.45) is 5.92 Å². The Kier molecular flexibility index (Phi) is 7.26. The summed E-state index contributed by atoms with van der Waals surface area (Å²) in [5.74, 6) is -0.164. The third-order valence-corrected chi connectivity index (χ3v) is 9.02. The predicted molar refractivity (Wildman–Crippen MR) is 132 cm³/mol. The van der Waals surface area contributed by atoms with E-state index in [2.05, 4.69) is 10.3 Å². The molecule has 0 radical (unpaired) electrons. The van der Waals surface area contributed by atoms with Gasteiger partial charge in [0.15, 0.2) is 0 Å². The van der Waals surface area contributed by atoms with Crippen LogP contribution < -0.4 is 5.32 Å². The highest BCUT2D eigenvalue weighted by atomic mass is 32.2. The molecule has 0 unspecified atom stereocenters. The van der Waals surface area contributed by atoms with Crippen LogP contribution in [0.5, 0.6) is 0 Å². The molecule has 0 aliphatic carbocycles. The Bertz CT molecular complexity index is 1210. The highest BCUT2D eigenvalue weighted by Crippen LogP contribution is 2.27. The molecule has 0 spiro atoms. The number of hydrogen-bond donors (Lipinski definition) is 1. The van der Waals surface area contributed by atoms with Crippen LogP contribution in [0.2, 0.25) is 0 Å². The first-order valence-corrected chi connectivity index (χ1v) is 13.5. The number of nitrogens with zero attached hydrogens (tertiary/aromatic N) is 2. The number of rotatable bonds is 7. The van der Waals surface area contributed by atoms with Gasteiger partial charge in [0, 0.05) is 42.9 Å². The number of benzene rings is 2. The number of aryl methyl sites for hydroxylation is 2. The normalized spacial score (nSPS) is 15.5. The maximum absolute atomic E-state index is 13.0. The van der Waals surface area contributed by atoms with Gasteiger partial charge in [-0.05, 0) is 38.3 Å². The second kappa shape index (κ2) is 10.2. The molecular weight excluding hydrogens is 454 g/mol. The number of piperidine rings is 1. The van der Waals surface area contributed by atoms with E-state index in [-0.39, 0.29) is 11.8 Å². The molecule has 0 saturated carbocycles. The van der Waals surface area contributed by atoms with Gasteiger partial charge >= 0.3 is 0 Å². The van der Waals surface area contributed by atoms with Crippen LogP contribution in [0.3, 0.4) is 0 Å². The zero-order valence-corrected chi connectivity index (χ0v) is 20.6. The van der Waals surface area contributed by atoms with Gasteiger partial charge in [0.05, 0.1) is 10.6 Å². The van der Waals surface area contributed by atoms with Crippen molar-refractivity contribution >= 4 is 27.3 Å². The van der Waals surface area contributed by atoms with Crippen molar-refractivity contribution in [3.63, 3.8) is 0 Å². The maximum Gasteiger partial charge on any atom is 0.243 e. The van der Waals surface area contributed by atoms with Crippen LogP contribution in [0.25, 0.3) is 10.6 Å². The van der Waals surface area contributed by atoms with Crippen LogP contribution in [0.4, 0.5) is 0 Å². The van der Waals surface area contributed by atoms with E-state index in [0.717, 1.165) is 27.4 Å². The van der Waals surface area contributed by atoms with Crippen molar-refractivity contribution in [2.45, 2.75) is 38.0 Å². The Balaban J connectivity index is 1.26. The molecule has 1 aliphatic rings. The third kappa shape index (κ3) is 5.51. The molecule has 174 valence electrons. The van der Waals surface area contributed by atoms with E-state index in [1.807, 2.05) is 61.7 Å². The number of amides is 1. The average molecular weight is 484 g/mol. The Morgan fingerprint density at radius 1 is 1.12 bits per heavy atom. The van der Waals surface area contributed by atoms with Gasteiger partial charge in [-0.2, -0.15) is 4.31 Å². The minimum absolute atomic E-state index is 0.00271. The minimum atomic E-state index is -3.54. The van der Waals surface area contributed by atoms with Gasteiger partial charge in [-0.3, -0.25) is 4.79 Å². The Morgan fingerprint density at radius 2 is 1.85 bits per heavy atom. The summed E-state index contributed by atoms with van der Waals surface area (Å²) >= 11 is 1.61. The van der Waals surface area contributed by atoms with E-state index >= 15 is 0 Å². The second-order valence-electron chi connectivity index (χ2n) is 8.50. The molecule has 3 aromatic rings. The van der Waals surface area contributed by atoms with Crippen LogP contribution in [-0.4, -0.2) is 43.2 Å². The first-order chi connectivity index (χ1) is 15.8. The number of sulfonamides is 1. The lowest BCUT2D eigenvalue weighted by molar-refractivity contribution is -0.126. The van der Waals surface area contributed by atoms with Crippen LogP contribution in [-0.2, 0) is 21.2 Å². The largest absolute Gasteiger partial charge is 0.355 e. The topological polar surface area (TPSA) is 79.4 Å². The molecule has 1 aliphatic heterocycles. The van der Waals surface area contributed by atoms with Crippen LogP contribution >= 0.6 is 11.3 Å². The van der Waals surface area contributed by atoms with Crippen LogP contribution in [0.15, 0.2) is 58.8 Å². The number of nitrogens with one attached hydrogen (secondary N) is 1. The molecule has 0 bridgehead atoms. The van der Waals surface area contributed by atoms with E-state index in [0.29, 0.717) is 43.8 Å². The van der Waals surface area contributed by atoms with Gasteiger partial charge in [-0.25, -0.2) is 13.4 Å². The van der Waals surface area contributed by atoms with Crippen molar-refractivity contribution in [3.05, 3.63) is 70.7 Å². The second-order valence-corrected chi connectivity index (χ2v) is 11.3. The lowest BCUT2D eigenvalue weighted by Crippen LogP contribution is -2.43. The highest BCUT2D eigenvalue weighted by molar-refractivity contribution is 7.89. The number of hydrogen-bond acceptors (Lipinski definition) is 5. The van der Waals surface area contributed by atoms with E-state index in [4.69, 9.17) is 0 Å². The molecule has 4 rings (SSSR count). The number of aromatic nitrogens is 1. The van der Waals surface area contributed by atoms with Crippen molar-refractivity contribution in [1.82, 2.24) is 14.6 Å². The molecule has 1 fully saturated rings.